The summed E-state index contributed by atoms with van der Waals surface area (Å²) in [5, 5.41) is 0. The van der Waals surface area contributed by atoms with Gasteiger partial charge in [-0.3, -0.25) is 4.79 Å². The van der Waals surface area contributed by atoms with Crippen LogP contribution in [0.2, 0.25) is 0 Å². The Morgan fingerprint density at radius 2 is 1.83 bits per heavy atom. The molecule has 0 aliphatic carbocycles. The first-order valence-corrected chi connectivity index (χ1v) is 9.95. The Balaban J connectivity index is 1.33. The molecule has 0 N–H and O–H groups in total. The summed E-state index contributed by atoms with van der Waals surface area (Å²) in [5.74, 6) is 0.623. The van der Waals surface area contributed by atoms with E-state index in [-0.39, 0.29) is 5.78 Å². The van der Waals surface area contributed by atoms with Crippen molar-refractivity contribution in [2.75, 3.05) is 18.0 Å². The number of Topliss-reactive ketones (excluding diaryl/α,β-unsaturated/α-hetero) is 1. The average molecular weight is 383 g/mol. The Labute approximate surface area is 169 Å². The van der Waals surface area contributed by atoms with E-state index in [1.807, 2.05) is 48.5 Å². The average Bonchev–Trinajstić information content (AvgIpc) is 3.44. The number of pyridine rings is 1. The molecule has 5 nitrogen and oxygen atoms in total. The molecule has 1 fully saturated rings. The van der Waals surface area contributed by atoms with Gasteiger partial charge < -0.3 is 9.32 Å². The summed E-state index contributed by atoms with van der Waals surface area (Å²) in [6.45, 7) is 2.21. The summed E-state index contributed by atoms with van der Waals surface area (Å²) in [5.41, 5.74) is 4.96. The predicted octanol–water partition coefficient (Wildman–Crippen LogP) is 4.92. The molecule has 2 aromatic heterocycles. The maximum Gasteiger partial charge on any atom is 0.228 e. The Morgan fingerprint density at radius 1 is 1.00 bits per heavy atom. The van der Waals surface area contributed by atoms with Crippen molar-refractivity contribution < 1.29 is 9.21 Å². The van der Waals surface area contributed by atoms with Crippen molar-refractivity contribution in [3.05, 3.63) is 78.0 Å². The van der Waals surface area contributed by atoms with Crippen LogP contribution in [0.3, 0.4) is 0 Å². The van der Waals surface area contributed by atoms with Gasteiger partial charge in [-0.25, -0.2) is 4.98 Å². The van der Waals surface area contributed by atoms with E-state index >= 15 is 0 Å². The topological polar surface area (TPSA) is 59.2 Å². The second kappa shape index (κ2) is 7.51. The lowest BCUT2D eigenvalue weighted by molar-refractivity contribution is 0.0993. The molecule has 1 aliphatic rings. The van der Waals surface area contributed by atoms with Gasteiger partial charge >= 0.3 is 0 Å². The van der Waals surface area contributed by atoms with Crippen LogP contribution in [0.4, 0.5) is 5.69 Å². The number of hydrogen-bond donors (Lipinski definition) is 0. The van der Waals surface area contributed by atoms with Crippen molar-refractivity contribution in [3.63, 3.8) is 0 Å². The van der Waals surface area contributed by atoms with E-state index in [1.54, 1.807) is 6.20 Å². The number of ketones is 1. The van der Waals surface area contributed by atoms with Crippen molar-refractivity contribution >= 4 is 22.7 Å². The van der Waals surface area contributed by atoms with Crippen molar-refractivity contribution in [3.8, 4) is 11.5 Å². The number of carbonyl (C=O) groups is 1. The van der Waals surface area contributed by atoms with Crippen molar-refractivity contribution in [1.29, 1.82) is 0 Å². The van der Waals surface area contributed by atoms with E-state index in [2.05, 4.69) is 27.0 Å². The number of anilines is 1. The highest BCUT2D eigenvalue weighted by Crippen LogP contribution is 2.25. The molecule has 29 heavy (non-hydrogen) atoms. The van der Waals surface area contributed by atoms with Gasteiger partial charge in [-0.2, -0.15) is 4.98 Å². The zero-order chi connectivity index (χ0) is 19.6. The zero-order valence-corrected chi connectivity index (χ0v) is 16.0. The van der Waals surface area contributed by atoms with Gasteiger partial charge in [0, 0.05) is 42.5 Å². The molecular weight excluding hydrogens is 362 g/mol. The van der Waals surface area contributed by atoms with Crippen LogP contribution in [0.25, 0.3) is 22.7 Å². The molecule has 0 unspecified atom stereocenters. The highest BCUT2D eigenvalue weighted by Gasteiger charge is 2.14. The molecule has 0 bridgehead atoms. The maximum atomic E-state index is 12.8. The molecule has 1 aliphatic heterocycles. The number of hydrogen-bond acceptors (Lipinski definition) is 5. The lowest BCUT2D eigenvalue weighted by Crippen LogP contribution is -2.17. The molecule has 5 rings (SSSR count). The molecule has 0 saturated carbocycles. The second-order valence-electron chi connectivity index (χ2n) is 7.39. The van der Waals surface area contributed by atoms with Crippen LogP contribution in [0.1, 0.15) is 28.8 Å². The van der Waals surface area contributed by atoms with Gasteiger partial charge in [0.25, 0.3) is 0 Å². The van der Waals surface area contributed by atoms with E-state index in [4.69, 9.17) is 4.42 Å². The number of nitrogens with zero attached hydrogens (tertiary/aromatic N) is 3. The fraction of sp³-hybridized carbons (Fsp3) is 0.208. The quantitative estimate of drug-likeness (QED) is 0.458. The van der Waals surface area contributed by atoms with Gasteiger partial charge in [-0.05, 0) is 66.9 Å². The molecule has 0 amide bonds. The predicted molar refractivity (Wildman–Crippen MR) is 113 cm³/mol. The van der Waals surface area contributed by atoms with Crippen LogP contribution < -0.4 is 4.90 Å². The third-order valence-electron chi connectivity index (χ3n) is 5.36. The molecule has 0 spiro atoms. The summed E-state index contributed by atoms with van der Waals surface area (Å²) >= 11 is 0. The van der Waals surface area contributed by atoms with Crippen molar-refractivity contribution in [2.45, 2.75) is 19.3 Å². The summed E-state index contributed by atoms with van der Waals surface area (Å²) in [7, 11) is 0. The largest absolute Gasteiger partial charge is 0.434 e. The SMILES string of the molecule is O=C(Cc1cccc(-c2nc3ncccc3o2)c1)c1ccc(N2CCCC2)cc1. The van der Waals surface area contributed by atoms with E-state index in [0.717, 1.165) is 29.8 Å². The van der Waals surface area contributed by atoms with Gasteiger partial charge in [0.05, 0.1) is 0 Å². The molecule has 0 atom stereocenters. The van der Waals surface area contributed by atoms with E-state index in [1.165, 1.54) is 18.5 Å². The fourth-order valence-electron chi connectivity index (χ4n) is 3.83. The zero-order valence-electron chi connectivity index (χ0n) is 16.0. The third kappa shape index (κ3) is 3.63. The number of fused-ring (bicyclic) bond motifs is 1. The number of rotatable bonds is 5. The summed E-state index contributed by atoms with van der Waals surface area (Å²) in [6.07, 6.45) is 4.52. The fourth-order valence-corrected chi connectivity index (χ4v) is 3.83. The van der Waals surface area contributed by atoms with Gasteiger partial charge in [-0.1, -0.05) is 12.1 Å². The minimum atomic E-state index is 0.106. The lowest BCUT2D eigenvalue weighted by Gasteiger charge is -2.17. The Bertz CT molecular complexity index is 1130. The summed E-state index contributed by atoms with van der Waals surface area (Å²) in [6, 6.07) is 19.4. The minimum Gasteiger partial charge on any atom is -0.434 e. The first-order chi connectivity index (χ1) is 14.3. The van der Waals surface area contributed by atoms with Gasteiger partial charge in [0.1, 0.15) is 0 Å². The Kier molecular flexibility index (Phi) is 4.56. The van der Waals surface area contributed by atoms with Gasteiger partial charge in [-0.15, -0.1) is 0 Å². The number of carbonyl (C=O) groups excluding carboxylic acids is 1. The maximum absolute atomic E-state index is 12.8. The van der Waals surface area contributed by atoms with Crippen molar-refractivity contribution in [2.24, 2.45) is 0 Å². The van der Waals surface area contributed by atoms with E-state index < -0.39 is 0 Å². The molecule has 1 saturated heterocycles. The monoisotopic (exact) mass is 383 g/mol. The first-order valence-electron chi connectivity index (χ1n) is 9.95. The molecule has 3 heterocycles. The van der Waals surface area contributed by atoms with Gasteiger partial charge in [0.2, 0.25) is 5.89 Å². The van der Waals surface area contributed by atoms with Crippen LogP contribution >= 0.6 is 0 Å². The van der Waals surface area contributed by atoms with Crippen LogP contribution in [0.5, 0.6) is 0 Å². The van der Waals surface area contributed by atoms with Crippen LogP contribution in [0.15, 0.2) is 71.3 Å². The van der Waals surface area contributed by atoms with Crippen LogP contribution in [-0.4, -0.2) is 28.8 Å². The molecule has 2 aromatic carbocycles. The Hall–Kier alpha value is -3.47. The molecule has 144 valence electrons. The normalized spacial score (nSPS) is 13.9. The number of benzene rings is 2. The third-order valence-corrected chi connectivity index (χ3v) is 5.36. The highest BCUT2D eigenvalue weighted by atomic mass is 16.3. The Morgan fingerprint density at radius 3 is 2.62 bits per heavy atom. The minimum absolute atomic E-state index is 0.106. The first kappa shape index (κ1) is 17.6. The molecular formula is C24H21N3O2. The summed E-state index contributed by atoms with van der Waals surface area (Å²) in [4.78, 5) is 23.8. The second-order valence-corrected chi connectivity index (χ2v) is 7.39. The number of oxazole rings is 1. The van der Waals surface area contributed by atoms with E-state index in [0.29, 0.717) is 23.5 Å². The van der Waals surface area contributed by atoms with Gasteiger partial charge in [0.15, 0.2) is 17.0 Å². The smallest absolute Gasteiger partial charge is 0.228 e. The molecule has 5 heteroatoms. The standard InChI is InChI=1S/C24H21N3O2/c28-21(18-8-10-20(11-9-18)27-13-1-2-14-27)16-17-5-3-6-19(15-17)24-26-23-22(29-24)7-4-12-25-23/h3-12,15H,1-2,13-14,16H2. The lowest BCUT2D eigenvalue weighted by atomic mass is 10.0. The van der Waals surface area contributed by atoms with Crippen LogP contribution in [-0.2, 0) is 6.42 Å². The molecule has 0 radical (unpaired) electrons. The summed E-state index contributed by atoms with van der Waals surface area (Å²) < 4.78 is 5.80. The van der Waals surface area contributed by atoms with Crippen LogP contribution in [0, 0.1) is 0 Å². The van der Waals surface area contributed by atoms with Crippen molar-refractivity contribution in [1.82, 2.24) is 9.97 Å². The highest BCUT2D eigenvalue weighted by molar-refractivity contribution is 5.98. The van der Waals surface area contributed by atoms with E-state index in [9.17, 15) is 4.79 Å². The molecule has 4 aromatic rings. The number of aromatic nitrogens is 2.